The molecule has 0 N–H and O–H groups in total. The highest BCUT2D eigenvalue weighted by molar-refractivity contribution is 6.22. The average molecular weight is 600 g/mol. The van der Waals surface area contributed by atoms with E-state index in [4.69, 9.17) is 9.97 Å². The first-order valence-corrected chi connectivity index (χ1v) is 15.9. The van der Waals surface area contributed by atoms with Gasteiger partial charge in [0, 0.05) is 38.5 Å². The van der Waals surface area contributed by atoms with Crippen LogP contribution >= 0.6 is 0 Å². The van der Waals surface area contributed by atoms with Crippen molar-refractivity contribution in [3.8, 4) is 50.6 Å². The third-order valence-corrected chi connectivity index (χ3v) is 8.97. The van der Waals surface area contributed by atoms with Gasteiger partial charge in [0.15, 0.2) is 0 Å². The Bertz CT molecular complexity index is 2480. The zero-order chi connectivity index (χ0) is 31.2. The van der Waals surface area contributed by atoms with E-state index in [2.05, 4.69) is 174 Å². The van der Waals surface area contributed by atoms with E-state index in [1.165, 1.54) is 22.0 Å². The molecular formula is C44H29N3. The smallest absolute Gasteiger partial charge is 0.0809 e. The second-order valence-corrected chi connectivity index (χ2v) is 11.8. The summed E-state index contributed by atoms with van der Waals surface area (Å²) in [5.74, 6) is 0. The Kier molecular flexibility index (Phi) is 6.46. The number of para-hydroxylation sites is 3. The number of rotatable bonds is 5. The molecule has 9 aromatic rings. The summed E-state index contributed by atoms with van der Waals surface area (Å²) in [4.78, 5) is 10.5. The molecule has 3 heterocycles. The molecule has 0 amide bonds. The van der Waals surface area contributed by atoms with E-state index in [1.54, 1.807) is 0 Å². The Morgan fingerprint density at radius 1 is 0.383 bits per heavy atom. The van der Waals surface area contributed by atoms with Gasteiger partial charge in [-0.25, -0.2) is 9.97 Å². The Morgan fingerprint density at radius 2 is 0.915 bits per heavy atom. The average Bonchev–Trinajstić information content (AvgIpc) is 3.51. The minimum atomic E-state index is 0.939. The van der Waals surface area contributed by atoms with Gasteiger partial charge >= 0.3 is 0 Å². The maximum atomic E-state index is 5.31. The lowest BCUT2D eigenvalue weighted by atomic mass is 9.98. The van der Waals surface area contributed by atoms with Crippen LogP contribution < -0.4 is 0 Å². The molecule has 0 bridgehead atoms. The summed E-state index contributed by atoms with van der Waals surface area (Å²) >= 11 is 0. The minimum Gasteiger partial charge on any atom is -0.308 e. The van der Waals surface area contributed by atoms with Crippen LogP contribution in [0.5, 0.6) is 0 Å². The highest BCUT2D eigenvalue weighted by Crippen LogP contribution is 2.41. The third kappa shape index (κ3) is 4.68. The molecule has 3 nitrogen and oxygen atoms in total. The van der Waals surface area contributed by atoms with Gasteiger partial charge in [0.2, 0.25) is 0 Å². The first kappa shape index (κ1) is 27.0. The summed E-state index contributed by atoms with van der Waals surface area (Å²) < 4.78 is 2.39. The van der Waals surface area contributed by atoms with E-state index in [1.807, 2.05) is 6.07 Å². The van der Waals surface area contributed by atoms with Crippen LogP contribution in [-0.2, 0) is 0 Å². The van der Waals surface area contributed by atoms with E-state index < -0.39 is 0 Å². The molecule has 6 aromatic carbocycles. The predicted molar refractivity (Wildman–Crippen MR) is 196 cm³/mol. The van der Waals surface area contributed by atoms with Crippen molar-refractivity contribution in [2.75, 3.05) is 0 Å². The summed E-state index contributed by atoms with van der Waals surface area (Å²) in [5, 5.41) is 3.48. The molecule has 220 valence electrons. The summed E-state index contributed by atoms with van der Waals surface area (Å²) in [6.45, 7) is 0. The predicted octanol–water partition coefficient (Wildman–Crippen LogP) is 11.4. The molecule has 0 spiro atoms. The second-order valence-electron chi connectivity index (χ2n) is 11.8. The molecule has 0 saturated heterocycles. The van der Waals surface area contributed by atoms with Crippen molar-refractivity contribution in [2.45, 2.75) is 0 Å². The zero-order valence-electron chi connectivity index (χ0n) is 25.6. The second kappa shape index (κ2) is 11.2. The molecule has 0 fully saturated rings. The van der Waals surface area contributed by atoms with Gasteiger partial charge in [-0.3, -0.25) is 0 Å². The summed E-state index contributed by atoms with van der Waals surface area (Å²) in [6, 6.07) is 61.8. The lowest BCUT2D eigenvalue weighted by Crippen LogP contribution is -1.96. The van der Waals surface area contributed by atoms with Gasteiger partial charge in [-0.15, -0.1) is 0 Å². The van der Waals surface area contributed by atoms with Crippen molar-refractivity contribution in [3.05, 3.63) is 176 Å². The largest absolute Gasteiger partial charge is 0.308 e. The van der Waals surface area contributed by atoms with Gasteiger partial charge in [0.1, 0.15) is 0 Å². The topological polar surface area (TPSA) is 30.7 Å². The highest BCUT2D eigenvalue weighted by Gasteiger charge is 2.20. The van der Waals surface area contributed by atoms with Gasteiger partial charge in [-0.1, -0.05) is 140 Å². The van der Waals surface area contributed by atoms with Crippen LogP contribution in [0.2, 0.25) is 0 Å². The first-order chi connectivity index (χ1) is 23.3. The molecule has 0 unspecified atom stereocenters. The van der Waals surface area contributed by atoms with E-state index in [0.717, 1.165) is 61.3 Å². The van der Waals surface area contributed by atoms with Crippen LogP contribution in [-0.4, -0.2) is 14.5 Å². The molecule has 0 aliphatic rings. The number of fused-ring (bicyclic) bond motifs is 5. The fraction of sp³-hybridized carbons (Fsp3) is 0. The van der Waals surface area contributed by atoms with E-state index in [-0.39, 0.29) is 0 Å². The fourth-order valence-corrected chi connectivity index (χ4v) is 6.77. The van der Waals surface area contributed by atoms with Crippen molar-refractivity contribution in [1.82, 2.24) is 14.5 Å². The Balaban J connectivity index is 1.24. The number of hydrogen-bond acceptors (Lipinski definition) is 2. The van der Waals surface area contributed by atoms with Crippen LogP contribution in [0.3, 0.4) is 0 Å². The van der Waals surface area contributed by atoms with Gasteiger partial charge in [-0.2, -0.15) is 0 Å². The van der Waals surface area contributed by atoms with Crippen LogP contribution in [0, 0.1) is 0 Å². The lowest BCUT2D eigenvalue weighted by molar-refractivity contribution is 1.18. The molecule has 0 radical (unpaired) electrons. The summed E-state index contributed by atoms with van der Waals surface area (Å²) in [5.41, 5.74) is 12.9. The first-order valence-electron chi connectivity index (χ1n) is 15.9. The van der Waals surface area contributed by atoms with Crippen molar-refractivity contribution in [2.24, 2.45) is 0 Å². The Labute approximate surface area is 273 Å². The molecule has 0 atom stereocenters. The monoisotopic (exact) mass is 599 g/mol. The number of nitrogens with zero attached hydrogens (tertiary/aromatic N) is 3. The molecule has 3 aromatic heterocycles. The minimum absolute atomic E-state index is 0.939. The van der Waals surface area contributed by atoms with Crippen molar-refractivity contribution in [1.29, 1.82) is 0 Å². The normalized spacial score (nSPS) is 11.4. The van der Waals surface area contributed by atoms with Crippen LogP contribution in [0.15, 0.2) is 176 Å². The maximum absolute atomic E-state index is 5.31. The molecule has 0 saturated carbocycles. The van der Waals surface area contributed by atoms with E-state index >= 15 is 0 Å². The van der Waals surface area contributed by atoms with Gasteiger partial charge < -0.3 is 4.57 Å². The van der Waals surface area contributed by atoms with E-state index in [9.17, 15) is 0 Å². The van der Waals surface area contributed by atoms with Gasteiger partial charge in [0.25, 0.3) is 0 Å². The number of benzene rings is 6. The van der Waals surface area contributed by atoms with Crippen LogP contribution in [0.4, 0.5) is 0 Å². The molecule has 3 heteroatoms. The third-order valence-electron chi connectivity index (χ3n) is 8.97. The van der Waals surface area contributed by atoms with Crippen LogP contribution in [0.25, 0.3) is 83.3 Å². The molecule has 9 rings (SSSR count). The molecule has 0 aliphatic carbocycles. The Hall–Kier alpha value is -6.32. The maximum Gasteiger partial charge on any atom is 0.0809 e. The summed E-state index contributed by atoms with van der Waals surface area (Å²) in [7, 11) is 0. The van der Waals surface area contributed by atoms with Crippen molar-refractivity contribution < 1.29 is 0 Å². The van der Waals surface area contributed by atoms with Crippen molar-refractivity contribution >= 4 is 32.7 Å². The number of pyridine rings is 2. The molecular weight excluding hydrogens is 571 g/mol. The highest BCUT2D eigenvalue weighted by atomic mass is 15.0. The molecule has 47 heavy (non-hydrogen) atoms. The Morgan fingerprint density at radius 3 is 1.62 bits per heavy atom. The van der Waals surface area contributed by atoms with E-state index in [0.29, 0.717) is 0 Å². The fourth-order valence-electron chi connectivity index (χ4n) is 6.77. The SMILES string of the molecule is c1ccc(-c2cc(-c3ccccc3)nc(-c3ccc(-c4nc5ccccc5c5c4c4ccccc4n5-c4ccccc4)cc3)c2)cc1. The summed E-state index contributed by atoms with van der Waals surface area (Å²) in [6.07, 6.45) is 0. The quantitative estimate of drug-likeness (QED) is 0.197. The van der Waals surface area contributed by atoms with Crippen LogP contribution in [0.1, 0.15) is 0 Å². The van der Waals surface area contributed by atoms with Crippen molar-refractivity contribution in [3.63, 3.8) is 0 Å². The van der Waals surface area contributed by atoms with Gasteiger partial charge in [-0.05, 0) is 47.5 Å². The van der Waals surface area contributed by atoms with Gasteiger partial charge in [0.05, 0.1) is 33.6 Å². The number of aromatic nitrogens is 3. The molecule has 0 aliphatic heterocycles. The standard InChI is InChI=1S/C44H29N3/c1-4-14-30(15-5-1)34-28-39(31-16-6-2-7-17-31)45-40(29-34)32-24-26-33(27-25-32)43-42-37-21-11-13-23-41(37)47(35-18-8-3-9-19-35)44(42)36-20-10-12-22-38(36)46-43/h1-29H. The number of hydrogen-bond donors (Lipinski definition) is 0. The lowest BCUT2D eigenvalue weighted by Gasteiger charge is -2.13. The zero-order valence-corrected chi connectivity index (χ0v) is 25.6.